The van der Waals surface area contributed by atoms with Gasteiger partial charge < -0.3 is 0 Å². The first-order valence-corrected chi connectivity index (χ1v) is 1.65. The molecule has 6 heavy (non-hydrogen) atoms. The summed E-state index contributed by atoms with van der Waals surface area (Å²) in [6.07, 6.45) is 5.58. The molecule has 0 atom stereocenters. The van der Waals surface area contributed by atoms with Crippen molar-refractivity contribution < 1.29 is 16.8 Å². The van der Waals surface area contributed by atoms with Crippen molar-refractivity contribution in [1.29, 1.82) is 0 Å². The van der Waals surface area contributed by atoms with Crippen LogP contribution in [0.3, 0.4) is 0 Å². The molecular weight excluding hydrogens is 119 g/mol. The van der Waals surface area contributed by atoms with Gasteiger partial charge in [0.05, 0.1) is 0 Å². The summed E-state index contributed by atoms with van der Waals surface area (Å²) in [5.41, 5.74) is 0. The fraction of sp³-hybridized carbons (Fsp3) is 0.200. The fourth-order valence-corrected chi connectivity index (χ4v) is 0.136. The Morgan fingerprint density at radius 1 is 1.50 bits per heavy atom. The van der Waals surface area contributed by atoms with E-state index in [1.165, 1.54) is 0 Å². The minimum absolute atomic E-state index is 0. The van der Waals surface area contributed by atoms with Crippen LogP contribution in [-0.2, 0) is 16.8 Å². The van der Waals surface area contributed by atoms with Crippen LogP contribution in [0, 0.1) is 0 Å². The monoisotopic (exact) mass is 127 g/mol. The Kier molecular flexibility index (Phi) is 13.9. The van der Waals surface area contributed by atoms with E-state index in [0.29, 0.717) is 0 Å². The van der Waals surface area contributed by atoms with Crippen molar-refractivity contribution in [1.82, 2.24) is 0 Å². The van der Waals surface area contributed by atoms with Gasteiger partial charge in [-0.05, 0) is 6.92 Å². The summed E-state index contributed by atoms with van der Waals surface area (Å²) in [5.74, 6) is 0. The molecule has 0 heterocycles. The van der Waals surface area contributed by atoms with E-state index in [1.54, 1.807) is 6.08 Å². The number of allylic oxidation sites excluding steroid dienone is 3. The zero-order valence-electron chi connectivity index (χ0n) is 3.77. The summed E-state index contributed by atoms with van der Waals surface area (Å²) >= 11 is 0. The average Bonchev–Trinajstić information content (AvgIpc) is 1.41. The van der Waals surface area contributed by atoms with Gasteiger partial charge in [-0.2, -0.15) is 0 Å². The summed E-state index contributed by atoms with van der Waals surface area (Å²) in [6, 6.07) is 0. The van der Waals surface area contributed by atoms with Crippen molar-refractivity contribution in [2.24, 2.45) is 0 Å². The molecular formula is C5H8Co. The van der Waals surface area contributed by atoms with Crippen molar-refractivity contribution in [2.45, 2.75) is 6.92 Å². The van der Waals surface area contributed by atoms with Crippen molar-refractivity contribution in [3.8, 4) is 0 Å². The molecule has 0 unspecified atom stereocenters. The smallest absolute Gasteiger partial charge is 0 e. The summed E-state index contributed by atoms with van der Waals surface area (Å²) in [6.45, 7) is 5.42. The van der Waals surface area contributed by atoms with E-state index in [2.05, 4.69) is 6.58 Å². The van der Waals surface area contributed by atoms with Gasteiger partial charge in [0, 0.05) is 16.8 Å². The Labute approximate surface area is 49.1 Å². The quantitative estimate of drug-likeness (QED) is 0.470. The third-order valence-corrected chi connectivity index (χ3v) is 0.329. The molecule has 0 aromatic carbocycles. The van der Waals surface area contributed by atoms with Gasteiger partial charge in [-0.15, -0.1) is 0 Å². The van der Waals surface area contributed by atoms with E-state index in [9.17, 15) is 0 Å². The van der Waals surface area contributed by atoms with Gasteiger partial charge in [0.2, 0.25) is 0 Å². The van der Waals surface area contributed by atoms with Gasteiger partial charge in [0.1, 0.15) is 0 Å². The minimum Gasteiger partial charge on any atom is -0.0991 e. The predicted molar refractivity (Wildman–Crippen MR) is 25.0 cm³/mol. The third kappa shape index (κ3) is 9.01. The Bertz CT molecular complexity index is 45.9. The van der Waals surface area contributed by atoms with Crippen LogP contribution >= 0.6 is 0 Å². The molecule has 0 nitrogen and oxygen atoms in total. The molecule has 0 fully saturated rings. The molecule has 0 bridgehead atoms. The Morgan fingerprint density at radius 3 is 2.00 bits per heavy atom. The molecule has 0 aromatic heterocycles. The maximum Gasteiger partial charge on any atom is 0 e. The van der Waals surface area contributed by atoms with E-state index in [1.807, 2.05) is 19.1 Å². The molecule has 0 aliphatic heterocycles. The van der Waals surface area contributed by atoms with Crippen LogP contribution < -0.4 is 0 Å². The van der Waals surface area contributed by atoms with E-state index in [-0.39, 0.29) is 16.8 Å². The van der Waals surface area contributed by atoms with Gasteiger partial charge in [-0.25, -0.2) is 0 Å². The van der Waals surface area contributed by atoms with Crippen molar-refractivity contribution in [3.63, 3.8) is 0 Å². The van der Waals surface area contributed by atoms with E-state index in [0.717, 1.165) is 0 Å². The second-order valence-corrected chi connectivity index (χ2v) is 0.761. The van der Waals surface area contributed by atoms with Crippen molar-refractivity contribution in [3.05, 3.63) is 24.8 Å². The molecule has 37 valence electrons. The molecule has 0 rings (SSSR count). The molecule has 1 heteroatoms. The SMILES string of the molecule is C=CC=CC.[Co]. The first-order valence-electron chi connectivity index (χ1n) is 1.65. The number of hydrogen-bond donors (Lipinski definition) is 0. The maximum atomic E-state index is 3.46. The molecule has 0 aliphatic carbocycles. The summed E-state index contributed by atoms with van der Waals surface area (Å²) in [7, 11) is 0. The second kappa shape index (κ2) is 8.88. The average molecular weight is 127 g/mol. The third-order valence-electron chi connectivity index (χ3n) is 0.329. The maximum absolute atomic E-state index is 3.46. The van der Waals surface area contributed by atoms with Gasteiger partial charge in [0.15, 0.2) is 0 Å². The zero-order valence-corrected chi connectivity index (χ0v) is 4.81. The molecule has 0 N–H and O–H groups in total. The summed E-state index contributed by atoms with van der Waals surface area (Å²) in [5, 5.41) is 0. The molecule has 1 radical (unpaired) electrons. The van der Waals surface area contributed by atoms with E-state index >= 15 is 0 Å². The predicted octanol–water partition coefficient (Wildman–Crippen LogP) is 1.75. The van der Waals surface area contributed by atoms with Crippen molar-refractivity contribution in [2.75, 3.05) is 0 Å². The van der Waals surface area contributed by atoms with Crippen LogP contribution in [0.1, 0.15) is 6.92 Å². The number of rotatable bonds is 1. The van der Waals surface area contributed by atoms with Crippen LogP contribution in [-0.4, -0.2) is 0 Å². The molecule has 0 spiro atoms. The zero-order chi connectivity index (χ0) is 4.12. The Balaban J connectivity index is 0. The molecule has 0 amide bonds. The number of hydrogen-bond acceptors (Lipinski definition) is 0. The molecule has 0 saturated heterocycles. The summed E-state index contributed by atoms with van der Waals surface area (Å²) in [4.78, 5) is 0. The van der Waals surface area contributed by atoms with Crippen LogP contribution in [0.25, 0.3) is 0 Å². The van der Waals surface area contributed by atoms with Gasteiger partial charge in [-0.1, -0.05) is 24.8 Å². The minimum atomic E-state index is 0. The van der Waals surface area contributed by atoms with E-state index in [4.69, 9.17) is 0 Å². The van der Waals surface area contributed by atoms with Crippen LogP contribution in [0.2, 0.25) is 0 Å². The van der Waals surface area contributed by atoms with Crippen molar-refractivity contribution >= 4 is 0 Å². The first kappa shape index (κ1) is 9.37. The van der Waals surface area contributed by atoms with E-state index < -0.39 is 0 Å². The van der Waals surface area contributed by atoms with Crippen LogP contribution in [0.4, 0.5) is 0 Å². The standard InChI is InChI=1S/C5H8.Co/c1-3-5-4-2;/h3-5H,1H2,2H3;. The van der Waals surface area contributed by atoms with Gasteiger partial charge >= 0.3 is 0 Å². The van der Waals surface area contributed by atoms with Crippen LogP contribution in [0.15, 0.2) is 24.8 Å². The largest absolute Gasteiger partial charge is 0.0991 e. The fourth-order valence-electron chi connectivity index (χ4n) is 0.136. The topological polar surface area (TPSA) is 0 Å². The molecule has 0 saturated carbocycles. The van der Waals surface area contributed by atoms with Gasteiger partial charge in [0.25, 0.3) is 0 Å². The molecule has 0 aliphatic rings. The Morgan fingerprint density at radius 2 is 2.00 bits per heavy atom. The van der Waals surface area contributed by atoms with Crippen LogP contribution in [0.5, 0.6) is 0 Å². The van der Waals surface area contributed by atoms with Gasteiger partial charge in [-0.3, -0.25) is 0 Å². The second-order valence-electron chi connectivity index (χ2n) is 0.761. The molecule has 0 aromatic rings. The Hall–Kier alpha value is -0.0135. The summed E-state index contributed by atoms with van der Waals surface area (Å²) < 4.78 is 0. The first-order chi connectivity index (χ1) is 2.41. The normalized spacial score (nSPS) is 7.50.